The number of nitrogens with zero attached hydrogens (tertiary/aromatic N) is 4. The number of pyridine rings is 1. The van der Waals surface area contributed by atoms with Gasteiger partial charge in [0.15, 0.2) is 0 Å². The van der Waals surface area contributed by atoms with Crippen molar-refractivity contribution in [1.29, 1.82) is 0 Å². The summed E-state index contributed by atoms with van der Waals surface area (Å²) >= 11 is 0. The van der Waals surface area contributed by atoms with Crippen LogP contribution in [0.2, 0.25) is 0 Å². The molecule has 0 radical (unpaired) electrons. The number of morpholine rings is 1. The molecule has 3 rings (SSSR count). The lowest BCUT2D eigenvalue weighted by atomic mass is 10.00. The van der Waals surface area contributed by atoms with E-state index in [4.69, 9.17) is 9.47 Å². The lowest BCUT2D eigenvalue weighted by Gasteiger charge is -2.38. The predicted octanol–water partition coefficient (Wildman–Crippen LogP) is 1.10. The Labute approximate surface area is 208 Å². The molecule has 0 saturated carbocycles. The van der Waals surface area contributed by atoms with Crippen molar-refractivity contribution in [3.8, 4) is 17.7 Å². The van der Waals surface area contributed by atoms with Gasteiger partial charge in [-0.3, -0.25) is 14.5 Å². The second-order valence-electron chi connectivity index (χ2n) is 9.79. The lowest BCUT2D eigenvalue weighted by Crippen LogP contribution is -2.51. The maximum atomic E-state index is 13.5. The fraction of sp³-hybridized carbons (Fsp3) is 0.654. The number of fused-ring (bicyclic) bond motifs is 1. The first kappa shape index (κ1) is 26.9. The number of aliphatic hydroxyl groups is 1. The molecule has 9 heteroatoms. The van der Waals surface area contributed by atoms with Crippen molar-refractivity contribution in [3.05, 3.63) is 23.4 Å². The molecule has 0 aromatic carbocycles. The Hall–Kier alpha value is -2.67. The third kappa shape index (κ3) is 7.17. The predicted molar refractivity (Wildman–Crippen MR) is 132 cm³/mol. The van der Waals surface area contributed by atoms with E-state index in [0.717, 1.165) is 13.1 Å². The molecule has 3 heterocycles. The number of carbonyl (C=O) groups excluding carboxylic acids is 2. The van der Waals surface area contributed by atoms with E-state index in [2.05, 4.69) is 21.7 Å². The fourth-order valence-electron chi connectivity index (χ4n) is 4.06. The van der Waals surface area contributed by atoms with Crippen LogP contribution in [0.4, 0.5) is 0 Å². The van der Waals surface area contributed by atoms with Crippen LogP contribution >= 0.6 is 0 Å². The van der Waals surface area contributed by atoms with Crippen molar-refractivity contribution < 1.29 is 24.2 Å². The maximum absolute atomic E-state index is 13.5. The second kappa shape index (κ2) is 12.3. The van der Waals surface area contributed by atoms with Crippen molar-refractivity contribution in [2.45, 2.75) is 39.8 Å². The largest absolute Gasteiger partial charge is 0.472 e. The summed E-state index contributed by atoms with van der Waals surface area (Å²) in [6, 6.07) is 1.33. The molecule has 0 bridgehead atoms. The molecule has 1 aromatic rings. The van der Waals surface area contributed by atoms with Crippen molar-refractivity contribution >= 4 is 11.8 Å². The molecule has 0 unspecified atom stereocenters. The number of hydrogen-bond donors (Lipinski definition) is 1. The van der Waals surface area contributed by atoms with Crippen molar-refractivity contribution in [2.24, 2.45) is 11.8 Å². The summed E-state index contributed by atoms with van der Waals surface area (Å²) < 4.78 is 11.6. The third-order valence-corrected chi connectivity index (χ3v) is 6.37. The fourth-order valence-corrected chi connectivity index (χ4v) is 4.06. The average Bonchev–Trinajstić information content (AvgIpc) is 2.84. The van der Waals surface area contributed by atoms with E-state index in [0.29, 0.717) is 44.0 Å². The minimum atomic E-state index is -0.381. The van der Waals surface area contributed by atoms with Gasteiger partial charge in [-0.25, -0.2) is 4.98 Å². The van der Waals surface area contributed by atoms with Crippen molar-refractivity contribution in [2.75, 3.05) is 59.6 Å². The van der Waals surface area contributed by atoms with E-state index in [9.17, 15) is 14.7 Å². The first-order chi connectivity index (χ1) is 16.7. The molecule has 3 atom stereocenters. The van der Waals surface area contributed by atoms with Crippen LogP contribution in [-0.2, 0) is 9.53 Å². The topological polar surface area (TPSA) is 95.4 Å². The summed E-state index contributed by atoms with van der Waals surface area (Å²) in [6.07, 6.45) is 1.23. The second-order valence-corrected chi connectivity index (χ2v) is 9.79. The van der Waals surface area contributed by atoms with Crippen LogP contribution in [0.25, 0.3) is 0 Å². The molecule has 0 aliphatic carbocycles. The van der Waals surface area contributed by atoms with E-state index in [1.54, 1.807) is 29.1 Å². The highest BCUT2D eigenvalue weighted by Crippen LogP contribution is 2.27. The molecule has 2 aliphatic rings. The standard InChI is InChI=1S/C26H38N4O5/c1-18(2)6-7-21-12-22-25(27-13-21)35-23(19(3)14-30(26(22)33)20(4)17-31)15-28(5)24(32)16-29-8-10-34-11-9-29/h12-13,18-20,23,31H,8-11,14-17H2,1-5H3/t19-,20+,23+/m1/s1. The summed E-state index contributed by atoms with van der Waals surface area (Å²) in [7, 11) is 1.77. The first-order valence-electron chi connectivity index (χ1n) is 12.3. The van der Waals surface area contributed by atoms with Crippen LogP contribution in [0.15, 0.2) is 12.3 Å². The summed E-state index contributed by atoms with van der Waals surface area (Å²) in [5, 5.41) is 9.81. The Balaban J connectivity index is 1.85. The minimum absolute atomic E-state index is 0.00825. The third-order valence-electron chi connectivity index (χ3n) is 6.37. The molecule has 2 amide bonds. The van der Waals surface area contributed by atoms with Gasteiger partial charge in [-0.2, -0.15) is 0 Å². The van der Waals surface area contributed by atoms with Gasteiger partial charge in [-0.05, 0) is 13.0 Å². The molecule has 1 N–H and O–H groups in total. The monoisotopic (exact) mass is 486 g/mol. The molecule has 1 aromatic heterocycles. The van der Waals surface area contributed by atoms with Gasteiger partial charge >= 0.3 is 0 Å². The number of aromatic nitrogens is 1. The van der Waals surface area contributed by atoms with Crippen LogP contribution in [-0.4, -0.2) is 108 Å². The Morgan fingerprint density at radius 3 is 2.69 bits per heavy atom. The average molecular weight is 487 g/mol. The van der Waals surface area contributed by atoms with Gasteiger partial charge in [-0.15, -0.1) is 0 Å². The molecular formula is C26H38N4O5. The highest BCUT2D eigenvalue weighted by Gasteiger charge is 2.34. The Kier molecular flexibility index (Phi) is 9.49. The van der Waals surface area contributed by atoms with Gasteiger partial charge < -0.3 is 24.4 Å². The van der Waals surface area contributed by atoms with Crippen LogP contribution < -0.4 is 4.74 Å². The van der Waals surface area contributed by atoms with Crippen molar-refractivity contribution in [3.63, 3.8) is 0 Å². The molecule has 1 fully saturated rings. The number of amides is 2. The lowest BCUT2D eigenvalue weighted by molar-refractivity contribution is -0.133. The van der Waals surface area contributed by atoms with Gasteiger partial charge in [0.1, 0.15) is 11.7 Å². The molecule has 0 spiro atoms. The van der Waals surface area contributed by atoms with Gasteiger partial charge in [0.05, 0.1) is 39.0 Å². The van der Waals surface area contributed by atoms with E-state index < -0.39 is 0 Å². The zero-order valence-corrected chi connectivity index (χ0v) is 21.5. The first-order valence-corrected chi connectivity index (χ1v) is 12.3. The van der Waals surface area contributed by atoms with Crippen molar-refractivity contribution in [1.82, 2.24) is 19.7 Å². The summed E-state index contributed by atoms with van der Waals surface area (Å²) in [5.41, 5.74) is 0.953. The molecule has 35 heavy (non-hydrogen) atoms. The molecule has 192 valence electrons. The highest BCUT2D eigenvalue weighted by molar-refractivity contribution is 5.97. The zero-order chi connectivity index (χ0) is 25.5. The Bertz CT molecular complexity index is 951. The van der Waals surface area contributed by atoms with Gasteiger partial charge in [0, 0.05) is 50.3 Å². The van der Waals surface area contributed by atoms with Gasteiger partial charge in [0.2, 0.25) is 11.8 Å². The normalized spacial score (nSPS) is 21.8. The minimum Gasteiger partial charge on any atom is -0.472 e. The van der Waals surface area contributed by atoms with Crippen LogP contribution in [0.3, 0.4) is 0 Å². The number of hydrogen-bond acceptors (Lipinski definition) is 7. The molecular weight excluding hydrogens is 448 g/mol. The molecule has 2 aliphatic heterocycles. The Morgan fingerprint density at radius 2 is 2.03 bits per heavy atom. The smallest absolute Gasteiger partial charge is 0.259 e. The summed E-state index contributed by atoms with van der Waals surface area (Å²) in [6.45, 7) is 11.5. The van der Waals surface area contributed by atoms with Crippen LogP contribution in [0.1, 0.15) is 43.6 Å². The maximum Gasteiger partial charge on any atom is 0.259 e. The number of ether oxygens (including phenoxy) is 2. The number of likely N-dealkylation sites (N-methyl/N-ethyl adjacent to an activating group) is 1. The summed E-state index contributed by atoms with van der Waals surface area (Å²) in [5.74, 6) is 6.23. The highest BCUT2D eigenvalue weighted by atomic mass is 16.5. The van der Waals surface area contributed by atoms with Gasteiger partial charge in [-0.1, -0.05) is 32.6 Å². The van der Waals surface area contributed by atoms with Crippen LogP contribution in [0, 0.1) is 23.7 Å². The van der Waals surface area contributed by atoms with Crippen LogP contribution in [0.5, 0.6) is 5.88 Å². The van der Waals surface area contributed by atoms with E-state index in [1.807, 2.05) is 27.7 Å². The van der Waals surface area contributed by atoms with Gasteiger partial charge in [0.25, 0.3) is 5.91 Å². The quantitative estimate of drug-likeness (QED) is 0.602. The Morgan fingerprint density at radius 1 is 1.31 bits per heavy atom. The summed E-state index contributed by atoms with van der Waals surface area (Å²) in [4.78, 5) is 36.2. The molecule has 9 nitrogen and oxygen atoms in total. The number of carbonyl (C=O) groups is 2. The zero-order valence-electron chi connectivity index (χ0n) is 21.5. The van der Waals surface area contributed by atoms with E-state index in [1.165, 1.54) is 0 Å². The SMILES string of the molecule is CC(C)C#Cc1cnc2c(c1)C(=O)N([C@@H](C)CO)C[C@@H](C)[C@H](CN(C)C(=O)CN1CCOCC1)O2. The molecule has 1 saturated heterocycles. The van der Waals surface area contributed by atoms with E-state index >= 15 is 0 Å². The number of rotatable bonds is 6. The number of aliphatic hydroxyl groups excluding tert-OH is 1. The van der Waals surface area contributed by atoms with E-state index in [-0.39, 0.29) is 48.3 Å².